The van der Waals surface area contributed by atoms with Crippen molar-refractivity contribution in [1.82, 2.24) is 0 Å². The minimum Gasteiger partial charge on any atom is -0.477 e. The van der Waals surface area contributed by atoms with Crippen molar-refractivity contribution < 1.29 is 42.9 Å². The minimum absolute atomic E-state index is 0.177. The molecule has 0 aromatic carbocycles. The molecule has 9 nitrogen and oxygen atoms in total. The van der Waals surface area contributed by atoms with E-state index in [0.29, 0.717) is 23.9 Å². The zero-order valence-corrected chi connectivity index (χ0v) is 55.2. The maximum absolute atomic E-state index is 12.9. The number of carbonyl (C=O) groups is 3. The third-order valence-electron chi connectivity index (χ3n) is 14.4. The molecule has 0 saturated heterocycles. The molecule has 0 aliphatic heterocycles. The van der Waals surface area contributed by atoms with Crippen molar-refractivity contribution in [3.63, 3.8) is 0 Å². The average Bonchev–Trinajstić information content (AvgIpc) is 3.49. The fourth-order valence-electron chi connectivity index (χ4n) is 9.15. The lowest BCUT2D eigenvalue weighted by Crippen LogP contribution is -2.40. The van der Waals surface area contributed by atoms with Gasteiger partial charge in [0.15, 0.2) is 6.10 Å². The number of ether oxygens (including phenoxy) is 4. The van der Waals surface area contributed by atoms with Crippen LogP contribution in [0.3, 0.4) is 0 Å². The summed E-state index contributed by atoms with van der Waals surface area (Å²) in [6, 6.07) is 0. The Morgan fingerprint density at radius 1 is 0.365 bits per heavy atom. The van der Waals surface area contributed by atoms with Crippen LogP contribution in [0, 0.1) is 0 Å². The number of aliphatic carboxylic acids is 1. The van der Waals surface area contributed by atoms with Crippen molar-refractivity contribution in [2.45, 2.75) is 283 Å². The number of quaternary nitrogens is 1. The van der Waals surface area contributed by atoms with Crippen molar-refractivity contribution in [2.24, 2.45) is 0 Å². The molecule has 0 bridgehead atoms. The first-order chi connectivity index (χ1) is 41.6. The number of hydrogen-bond donors (Lipinski definition) is 1. The van der Waals surface area contributed by atoms with Gasteiger partial charge in [0.1, 0.15) is 13.2 Å². The molecule has 0 aliphatic carbocycles. The molecule has 0 saturated carbocycles. The molecular formula is C76H128NO8+. The van der Waals surface area contributed by atoms with E-state index in [1.807, 2.05) is 21.1 Å². The van der Waals surface area contributed by atoms with E-state index in [1.54, 1.807) is 0 Å². The van der Waals surface area contributed by atoms with Gasteiger partial charge in [0.25, 0.3) is 6.29 Å². The molecule has 0 aliphatic rings. The van der Waals surface area contributed by atoms with E-state index in [9.17, 15) is 19.5 Å². The van der Waals surface area contributed by atoms with Gasteiger partial charge in [0, 0.05) is 12.8 Å². The van der Waals surface area contributed by atoms with E-state index >= 15 is 0 Å². The minimum atomic E-state index is -1.52. The van der Waals surface area contributed by atoms with Gasteiger partial charge in [-0.3, -0.25) is 9.59 Å². The number of rotatable bonds is 62. The highest BCUT2D eigenvalue weighted by atomic mass is 16.7. The first-order valence-electron chi connectivity index (χ1n) is 34.3. The van der Waals surface area contributed by atoms with Crippen LogP contribution in [0.4, 0.5) is 0 Å². The monoisotopic (exact) mass is 1180 g/mol. The Balaban J connectivity index is 4.23. The van der Waals surface area contributed by atoms with Gasteiger partial charge in [-0.2, -0.15) is 0 Å². The van der Waals surface area contributed by atoms with Gasteiger partial charge < -0.3 is 28.5 Å². The lowest BCUT2D eigenvalue weighted by atomic mass is 10.0. The van der Waals surface area contributed by atoms with Crippen molar-refractivity contribution >= 4 is 17.9 Å². The van der Waals surface area contributed by atoms with Crippen molar-refractivity contribution in [3.8, 4) is 0 Å². The summed E-state index contributed by atoms with van der Waals surface area (Å²) in [5, 5.41) is 9.74. The molecule has 0 aromatic rings. The molecule has 2 unspecified atom stereocenters. The lowest BCUT2D eigenvalue weighted by molar-refractivity contribution is -0.870. The highest BCUT2D eigenvalue weighted by Gasteiger charge is 2.25. The predicted molar refractivity (Wildman–Crippen MR) is 364 cm³/mol. The second-order valence-electron chi connectivity index (χ2n) is 23.7. The quantitative estimate of drug-likeness (QED) is 0.0211. The number of hydrogen-bond acceptors (Lipinski definition) is 7. The smallest absolute Gasteiger partial charge is 0.361 e. The van der Waals surface area contributed by atoms with Gasteiger partial charge in [-0.1, -0.05) is 276 Å². The zero-order chi connectivity index (χ0) is 61.9. The lowest BCUT2D eigenvalue weighted by Gasteiger charge is -2.25. The third-order valence-corrected chi connectivity index (χ3v) is 14.4. The number of carbonyl (C=O) groups excluding carboxylic acids is 2. The van der Waals surface area contributed by atoms with E-state index in [1.165, 1.54) is 122 Å². The maximum Gasteiger partial charge on any atom is 0.361 e. The van der Waals surface area contributed by atoms with Crippen LogP contribution in [-0.2, 0) is 33.3 Å². The van der Waals surface area contributed by atoms with Crippen LogP contribution in [0.5, 0.6) is 0 Å². The number of allylic oxidation sites excluding steroid dienone is 22. The van der Waals surface area contributed by atoms with Crippen molar-refractivity contribution in [3.05, 3.63) is 134 Å². The second-order valence-corrected chi connectivity index (χ2v) is 23.7. The van der Waals surface area contributed by atoms with Gasteiger partial charge in [0.05, 0.1) is 34.4 Å². The van der Waals surface area contributed by atoms with Gasteiger partial charge in [0.2, 0.25) is 0 Å². The molecule has 1 N–H and O–H groups in total. The van der Waals surface area contributed by atoms with Crippen molar-refractivity contribution in [1.29, 1.82) is 0 Å². The fraction of sp³-hybridized carbons (Fsp3) is 0.671. The summed E-state index contributed by atoms with van der Waals surface area (Å²) in [4.78, 5) is 37.6. The Morgan fingerprint density at radius 2 is 0.671 bits per heavy atom. The normalized spacial score (nSPS) is 13.6. The first kappa shape index (κ1) is 80.4. The molecule has 2 atom stereocenters. The number of carboxylic acids is 1. The average molecular weight is 1180 g/mol. The molecule has 0 rings (SSSR count). The number of carboxylic acid groups (broad SMARTS) is 1. The number of esters is 2. The molecular weight excluding hydrogens is 1050 g/mol. The Morgan fingerprint density at radius 3 is 1.00 bits per heavy atom. The van der Waals surface area contributed by atoms with Gasteiger partial charge in [-0.25, -0.2) is 4.79 Å². The molecule has 484 valence electrons. The summed E-state index contributed by atoms with van der Waals surface area (Å²) in [5.41, 5.74) is 0. The number of likely N-dealkylation sites (N-methyl/N-ethyl adjacent to an activating group) is 1. The summed E-state index contributed by atoms with van der Waals surface area (Å²) in [7, 11) is 5.96. The Bertz CT molecular complexity index is 1860. The van der Waals surface area contributed by atoms with Gasteiger partial charge in [-0.05, 0) is 116 Å². The zero-order valence-electron chi connectivity index (χ0n) is 55.2. The Hall–Kier alpha value is -4.57. The number of unbranched alkanes of at least 4 members (excludes halogenated alkanes) is 25. The maximum atomic E-state index is 12.9. The van der Waals surface area contributed by atoms with Crippen molar-refractivity contribution in [2.75, 3.05) is 47.5 Å². The van der Waals surface area contributed by atoms with Crippen LogP contribution in [0.25, 0.3) is 0 Å². The second kappa shape index (κ2) is 65.4. The molecule has 0 heterocycles. The molecule has 0 fully saturated rings. The largest absolute Gasteiger partial charge is 0.477 e. The highest BCUT2D eigenvalue weighted by Crippen LogP contribution is 2.16. The standard InChI is InChI=1S/C76H127NO8/c1-6-8-10-12-14-16-18-20-22-24-26-28-30-32-34-35-36-37-38-39-41-43-45-47-49-51-53-55-57-59-61-63-65-67-74(79)85-72(71-84-76(75(80)81)82-69-68-77(3,4)5)70-83-73(78)66-64-62-60-58-56-54-52-50-48-46-44-42-40-33-31-29-27-25-23-21-19-17-15-13-11-9-7-2/h8,10,14,16,19-22,25-28,32,34,36-37,39,41,45,47,51,53,72,76H,6-7,9,11-13,15,17-18,23-24,29-31,33,35,38,40,42-44,46,48-50,52,54-71H2,1-5H3/p+1/b10-8-,16-14-,21-19-,22-20-,27-25-,28-26-,34-32-,37-36-,41-39-,47-45-,53-51-. The summed E-state index contributed by atoms with van der Waals surface area (Å²) >= 11 is 0. The van der Waals surface area contributed by atoms with Crippen LogP contribution >= 0.6 is 0 Å². The molecule has 0 spiro atoms. The van der Waals surface area contributed by atoms with E-state index in [-0.39, 0.29) is 32.2 Å². The van der Waals surface area contributed by atoms with E-state index in [4.69, 9.17) is 18.9 Å². The van der Waals surface area contributed by atoms with E-state index < -0.39 is 24.3 Å². The first-order valence-corrected chi connectivity index (χ1v) is 34.3. The molecule has 0 amide bonds. The van der Waals surface area contributed by atoms with Crippen LogP contribution in [-0.4, -0.2) is 87.4 Å². The molecule has 0 aromatic heterocycles. The fourth-order valence-corrected chi connectivity index (χ4v) is 9.15. The highest BCUT2D eigenvalue weighted by molar-refractivity contribution is 5.71. The SMILES string of the molecule is CC/C=C\C/C=C\C/C=C\C/C=C\C/C=C\C/C=C\C/C=C\C/C=C\C/C=C\CCCCCCCC(=O)OC(COC(=O)CCCCCCCCCCCCCCCCC/C=C\C/C=C\CCCCCCC)COC(OCC[N+](C)(C)C)C(=O)O. The van der Waals surface area contributed by atoms with Gasteiger partial charge in [-0.15, -0.1) is 0 Å². The molecule has 0 radical (unpaired) electrons. The summed E-state index contributed by atoms with van der Waals surface area (Å²) in [6.45, 7) is 4.73. The van der Waals surface area contributed by atoms with Crippen LogP contribution < -0.4 is 0 Å². The van der Waals surface area contributed by atoms with E-state index in [2.05, 4.69) is 148 Å². The summed E-state index contributed by atoms with van der Waals surface area (Å²) in [6.07, 6.45) is 91.2. The summed E-state index contributed by atoms with van der Waals surface area (Å²) < 4.78 is 22.9. The van der Waals surface area contributed by atoms with Crippen LogP contribution in [0.15, 0.2) is 134 Å². The Labute approximate surface area is 522 Å². The van der Waals surface area contributed by atoms with E-state index in [0.717, 1.165) is 116 Å². The van der Waals surface area contributed by atoms with Crippen LogP contribution in [0.1, 0.15) is 271 Å². The third kappa shape index (κ3) is 66.8. The van der Waals surface area contributed by atoms with Crippen LogP contribution in [0.2, 0.25) is 0 Å². The van der Waals surface area contributed by atoms with Gasteiger partial charge >= 0.3 is 17.9 Å². The summed E-state index contributed by atoms with van der Waals surface area (Å²) in [5.74, 6) is -2.04. The molecule has 85 heavy (non-hydrogen) atoms. The number of nitrogens with zero attached hydrogens (tertiary/aromatic N) is 1. The predicted octanol–water partition coefficient (Wildman–Crippen LogP) is 21.4. The molecule has 9 heteroatoms. The Kier molecular flexibility index (Phi) is 61.9. The topological polar surface area (TPSA) is 108 Å².